The molecule has 18 heavy (non-hydrogen) atoms. The van der Waals surface area contributed by atoms with E-state index in [0.717, 1.165) is 0 Å². The third kappa shape index (κ3) is 3.74. The van der Waals surface area contributed by atoms with Crippen LogP contribution in [0.4, 0.5) is 11.4 Å². The van der Waals surface area contributed by atoms with Crippen LogP contribution in [0.5, 0.6) is 0 Å². The molecule has 0 aliphatic heterocycles. The molecule has 0 bridgehead atoms. The van der Waals surface area contributed by atoms with Crippen molar-refractivity contribution in [3.63, 3.8) is 0 Å². The van der Waals surface area contributed by atoms with E-state index in [-0.39, 0.29) is 10.6 Å². The number of rotatable bonds is 5. The Labute approximate surface area is 115 Å². The van der Waals surface area contributed by atoms with Crippen LogP contribution in [0.1, 0.15) is 13.8 Å². The van der Waals surface area contributed by atoms with Crippen LogP contribution in [0, 0.1) is 28.4 Å². The summed E-state index contributed by atoms with van der Waals surface area (Å²) < 4.78 is 0.683. The van der Waals surface area contributed by atoms with Crippen LogP contribution in [0.25, 0.3) is 0 Å². The zero-order chi connectivity index (χ0) is 13.7. The fourth-order valence-corrected chi connectivity index (χ4v) is 2.06. The zero-order valence-electron chi connectivity index (χ0n) is 10.4. The van der Waals surface area contributed by atoms with Crippen molar-refractivity contribution < 1.29 is 4.92 Å². The minimum Gasteiger partial charge on any atom is -0.355 e. The van der Waals surface area contributed by atoms with Crippen LogP contribution in [-0.2, 0) is 0 Å². The summed E-state index contributed by atoms with van der Waals surface area (Å²) in [6, 6.07) is 5.01. The highest BCUT2D eigenvalue weighted by Crippen LogP contribution is 2.31. The maximum atomic E-state index is 11.1. The van der Waals surface area contributed by atoms with E-state index in [0.29, 0.717) is 29.2 Å². The molecule has 0 aromatic heterocycles. The van der Waals surface area contributed by atoms with E-state index in [1.807, 2.05) is 18.7 Å². The zero-order valence-corrected chi connectivity index (χ0v) is 12.0. The van der Waals surface area contributed by atoms with Gasteiger partial charge in [0.15, 0.2) is 0 Å². The fraction of sp³-hybridized carbons (Fsp3) is 0.385. The highest BCUT2D eigenvalue weighted by atomic mass is 79.9. The SMILES string of the molecule is C#CCN(CC(C)C)c1ccc(Br)cc1[N+](=O)[O-]. The maximum absolute atomic E-state index is 11.1. The van der Waals surface area contributed by atoms with Crippen molar-refractivity contribution in [2.24, 2.45) is 5.92 Å². The molecule has 0 heterocycles. The van der Waals surface area contributed by atoms with Crippen molar-refractivity contribution >= 4 is 27.3 Å². The molecular weight excluding hydrogens is 296 g/mol. The van der Waals surface area contributed by atoms with Gasteiger partial charge in [0.05, 0.1) is 11.5 Å². The molecule has 0 radical (unpaired) electrons. The monoisotopic (exact) mass is 310 g/mol. The number of terminal acetylenes is 1. The summed E-state index contributed by atoms with van der Waals surface area (Å²) in [4.78, 5) is 12.5. The second-order valence-electron chi connectivity index (χ2n) is 4.37. The average molecular weight is 311 g/mol. The van der Waals surface area contributed by atoms with E-state index in [2.05, 4.69) is 21.9 Å². The second kappa shape index (κ2) is 6.41. The van der Waals surface area contributed by atoms with Crippen LogP contribution < -0.4 is 4.90 Å². The molecule has 0 amide bonds. The quantitative estimate of drug-likeness (QED) is 0.475. The van der Waals surface area contributed by atoms with Gasteiger partial charge in [-0.3, -0.25) is 10.1 Å². The fourth-order valence-electron chi connectivity index (χ4n) is 1.71. The van der Waals surface area contributed by atoms with Gasteiger partial charge in [0.1, 0.15) is 5.69 Å². The molecule has 1 aromatic rings. The van der Waals surface area contributed by atoms with E-state index in [1.54, 1.807) is 12.1 Å². The summed E-state index contributed by atoms with van der Waals surface area (Å²) in [5, 5.41) is 11.1. The van der Waals surface area contributed by atoms with Crippen LogP contribution in [0.15, 0.2) is 22.7 Å². The van der Waals surface area contributed by atoms with Crippen LogP contribution in [0.2, 0.25) is 0 Å². The number of anilines is 1. The molecule has 5 heteroatoms. The predicted molar refractivity (Wildman–Crippen MR) is 76.7 cm³/mol. The Kier molecular flexibility index (Phi) is 5.17. The van der Waals surface area contributed by atoms with Crippen LogP contribution >= 0.6 is 15.9 Å². The highest BCUT2D eigenvalue weighted by molar-refractivity contribution is 9.10. The lowest BCUT2D eigenvalue weighted by molar-refractivity contribution is -0.384. The molecule has 4 nitrogen and oxygen atoms in total. The number of benzene rings is 1. The van der Waals surface area contributed by atoms with E-state index < -0.39 is 0 Å². The number of hydrogen-bond donors (Lipinski definition) is 0. The third-order valence-corrected chi connectivity index (χ3v) is 2.84. The van der Waals surface area contributed by atoms with Gasteiger partial charge >= 0.3 is 0 Å². The van der Waals surface area contributed by atoms with Crippen molar-refractivity contribution in [2.45, 2.75) is 13.8 Å². The maximum Gasteiger partial charge on any atom is 0.293 e. The average Bonchev–Trinajstić information content (AvgIpc) is 2.27. The Morgan fingerprint density at radius 1 is 1.56 bits per heavy atom. The molecule has 0 aliphatic rings. The highest BCUT2D eigenvalue weighted by Gasteiger charge is 2.19. The van der Waals surface area contributed by atoms with Gasteiger partial charge in [-0.05, 0) is 18.1 Å². The first-order chi connectivity index (χ1) is 8.45. The smallest absolute Gasteiger partial charge is 0.293 e. The Bertz CT molecular complexity index is 480. The van der Waals surface area contributed by atoms with Gasteiger partial charge in [-0.1, -0.05) is 35.7 Å². The standard InChI is InChI=1S/C13H15BrN2O2/c1-4-7-15(9-10(2)3)12-6-5-11(14)8-13(12)16(17)18/h1,5-6,8,10H,7,9H2,2-3H3. The molecule has 0 unspecified atom stereocenters. The van der Waals surface area contributed by atoms with Gasteiger partial charge in [-0.15, -0.1) is 6.42 Å². The van der Waals surface area contributed by atoms with Crippen molar-refractivity contribution in [1.29, 1.82) is 0 Å². The van der Waals surface area contributed by atoms with Crippen molar-refractivity contribution in [3.8, 4) is 12.3 Å². The molecular formula is C13H15BrN2O2. The largest absolute Gasteiger partial charge is 0.355 e. The molecule has 0 fully saturated rings. The molecule has 96 valence electrons. The Hall–Kier alpha value is -1.54. The summed E-state index contributed by atoms with van der Waals surface area (Å²) in [6.45, 7) is 5.15. The lowest BCUT2D eigenvalue weighted by Gasteiger charge is -2.24. The molecule has 0 N–H and O–H groups in total. The van der Waals surface area contributed by atoms with Crippen LogP contribution in [0.3, 0.4) is 0 Å². The summed E-state index contributed by atoms with van der Waals surface area (Å²) >= 11 is 3.24. The minimum absolute atomic E-state index is 0.0697. The Balaban J connectivity index is 3.18. The third-order valence-electron chi connectivity index (χ3n) is 2.34. The normalized spacial score (nSPS) is 10.2. The molecule has 0 spiro atoms. The number of hydrogen-bond acceptors (Lipinski definition) is 3. The molecule has 1 aromatic carbocycles. The van der Waals surface area contributed by atoms with Gasteiger partial charge in [0.25, 0.3) is 5.69 Å². The summed E-state index contributed by atoms with van der Waals surface area (Å²) in [6.07, 6.45) is 5.33. The van der Waals surface area contributed by atoms with E-state index in [4.69, 9.17) is 6.42 Å². The topological polar surface area (TPSA) is 46.4 Å². The number of nitro benzene ring substituents is 1. The van der Waals surface area contributed by atoms with E-state index in [9.17, 15) is 10.1 Å². The molecule has 1 rings (SSSR count). The Morgan fingerprint density at radius 3 is 2.72 bits per heavy atom. The van der Waals surface area contributed by atoms with E-state index >= 15 is 0 Å². The van der Waals surface area contributed by atoms with Gasteiger partial charge in [-0.2, -0.15) is 0 Å². The predicted octanol–water partition coefficient (Wildman–Crippen LogP) is 3.45. The van der Waals surface area contributed by atoms with Crippen molar-refractivity contribution in [3.05, 3.63) is 32.8 Å². The first-order valence-electron chi connectivity index (χ1n) is 5.58. The minimum atomic E-state index is -0.385. The molecule has 0 saturated carbocycles. The second-order valence-corrected chi connectivity index (χ2v) is 5.28. The van der Waals surface area contributed by atoms with Crippen molar-refractivity contribution in [1.82, 2.24) is 0 Å². The summed E-state index contributed by atoms with van der Waals surface area (Å²) in [7, 11) is 0. The first kappa shape index (κ1) is 14.5. The first-order valence-corrected chi connectivity index (χ1v) is 6.37. The van der Waals surface area contributed by atoms with Gasteiger partial charge in [-0.25, -0.2) is 0 Å². The Morgan fingerprint density at radius 2 is 2.22 bits per heavy atom. The lowest BCUT2D eigenvalue weighted by atomic mass is 10.1. The molecule has 0 atom stereocenters. The lowest BCUT2D eigenvalue weighted by Crippen LogP contribution is -2.28. The molecule has 0 aliphatic carbocycles. The van der Waals surface area contributed by atoms with E-state index in [1.165, 1.54) is 6.07 Å². The number of halogens is 1. The van der Waals surface area contributed by atoms with Gasteiger partial charge in [0.2, 0.25) is 0 Å². The van der Waals surface area contributed by atoms with Crippen molar-refractivity contribution in [2.75, 3.05) is 18.0 Å². The number of nitro groups is 1. The van der Waals surface area contributed by atoms with Gasteiger partial charge in [0, 0.05) is 17.1 Å². The number of nitrogens with zero attached hydrogens (tertiary/aromatic N) is 2. The molecule has 0 saturated heterocycles. The summed E-state index contributed by atoms with van der Waals surface area (Å²) in [5.74, 6) is 2.92. The van der Waals surface area contributed by atoms with Crippen LogP contribution in [-0.4, -0.2) is 18.0 Å². The summed E-state index contributed by atoms with van der Waals surface area (Å²) in [5.41, 5.74) is 0.634. The van der Waals surface area contributed by atoms with Gasteiger partial charge < -0.3 is 4.90 Å².